The minimum absolute atomic E-state index is 0.0589. The van der Waals surface area contributed by atoms with Gasteiger partial charge in [-0.05, 0) is 37.3 Å². The van der Waals surface area contributed by atoms with Crippen LogP contribution in [0.25, 0.3) is 0 Å². The van der Waals surface area contributed by atoms with E-state index >= 15 is 0 Å². The predicted molar refractivity (Wildman–Crippen MR) is 221 cm³/mol. The van der Waals surface area contributed by atoms with Gasteiger partial charge in [0.1, 0.15) is 12.1 Å². The maximum Gasteiger partial charge on any atom is 0.326 e. The van der Waals surface area contributed by atoms with Crippen molar-refractivity contribution in [2.45, 2.75) is 116 Å². The highest BCUT2D eigenvalue weighted by Gasteiger charge is 2.42. The molecule has 1 aromatic rings. The maximum atomic E-state index is 14.2. The van der Waals surface area contributed by atoms with E-state index in [-0.39, 0.29) is 67.8 Å². The van der Waals surface area contributed by atoms with E-state index in [9.17, 15) is 43.5 Å². The van der Waals surface area contributed by atoms with Crippen molar-refractivity contribution in [1.29, 1.82) is 0 Å². The van der Waals surface area contributed by atoms with Crippen LogP contribution in [-0.2, 0) is 43.8 Å². The summed E-state index contributed by atoms with van der Waals surface area (Å²) in [6.07, 6.45) is 0.846. The number of nitrogens with one attached hydrogen (secondary N) is 4. The fourth-order valence-electron chi connectivity index (χ4n) is 6.67. The van der Waals surface area contributed by atoms with E-state index in [0.717, 1.165) is 22.2 Å². The molecule has 5 atom stereocenters. The van der Waals surface area contributed by atoms with Crippen molar-refractivity contribution in [3.05, 3.63) is 47.5 Å². The number of nitrogens with zero attached hydrogens (tertiary/aromatic N) is 2. The van der Waals surface area contributed by atoms with Crippen molar-refractivity contribution in [3.63, 3.8) is 0 Å². The molecule has 1 unspecified atom stereocenters. The zero-order chi connectivity index (χ0) is 44.1. The van der Waals surface area contributed by atoms with Gasteiger partial charge in [-0.15, -0.1) is 11.8 Å². The minimum atomic E-state index is -1.43. The molecular formula is C41H62N6O10S. The van der Waals surface area contributed by atoms with Gasteiger partial charge in [-0.25, -0.2) is 4.79 Å². The molecule has 0 saturated carbocycles. The summed E-state index contributed by atoms with van der Waals surface area (Å²) in [5, 5.41) is 29.1. The highest BCUT2D eigenvalue weighted by molar-refractivity contribution is 8.00. The highest BCUT2D eigenvalue weighted by atomic mass is 32.2. The molecule has 0 bridgehead atoms. The number of carbonyl (C=O) groups excluding carboxylic acids is 6. The predicted octanol–water partition coefficient (Wildman–Crippen LogP) is 2.31. The van der Waals surface area contributed by atoms with Crippen LogP contribution < -0.4 is 21.3 Å². The Morgan fingerprint density at radius 3 is 2.12 bits per heavy atom. The van der Waals surface area contributed by atoms with E-state index in [2.05, 4.69) is 21.3 Å². The molecule has 1 aliphatic heterocycles. The zero-order valence-corrected chi connectivity index (χ0v) is 36.2. The van der Waals surface area contributed by atoms with Crippen molar-refractivity contribution in [2.75, 3.05) is 32.9 Å². The van der Waals surface area contributed by atoms with Gasteiger partial charge in [0.15, 0.2) is 0 Å². The third-order valence-electron chi connectivity index (χ3n) is 10.2. The van der Waals surface area contributed by atoms with Gasteiger partial charge in [-0.1, -0.05) is 84.9 Å². The third-order valence-corrected chi connectivity index (χ3v) is 11.4. The Morgan fingerprint density at radius 1 is 0.966 bits per heavy atom. The number of amides is 6. The Hall–Kier alpha value is -4.77. The molecule has 0 aliphatic carbocycles. The van der Waals surface area contributed by atoms with E-state index in [1.807, 2.05) is 78.8 Å². The molecule has 0 spiro atoms. The highest BCUT2D eigenvalue weighted by Crippen LogP contribution is 2.29. The lowest BCUT2D eigenvalue weighted by Gasteiger charge is -2.40. The number of carboxylic acid groups (broad SMARTS) is 2. The first-order chi connectivity index (χ1) is 26.9. The average molecular weight is 831 g/mol. The van der Waals surface area contributed by atoms with Gasteiger partial charge >= 0.3 is 11.9 Å². The molecule has 1 fully saturated rings. The zero-order valence-electron chi connectivity index (χ0n) is 35.3. The topological polar surface area (TPSA) is 232 Å². The van der Waals surface area contributed by atoms with Gasteiger partial charge < -0.3 is 36.4 Å². The lowest BCUT2D eigenvalue weighted by Crippen LogP contribution is -2.61. The van der Waals surface area contributed by atoms with Gasteiger partial charge in [0.25, 0.3) is 0 Å². The molecule has 16 nitrogen and oxygen atoms in total. The molecule has 2 rings (SSSR count). The molecular weight excluding hydrogens is 769 g/mol. The Balaban J connectivity index is 2.07. The first kappa shape index (κ1) is 49.4. The lowest BCUT2D eigenvalue weighted by molar-refractivity contribution is -0.142. The van der Waals surface area contributed by atoms with Crippen LogP contribution in [0.4, 0.5) is 0 Å². The van der Waals surface area contributed by atoms with Crippen LogP contribution >= 0.6 is 11.8 Å². The van der Waals surface area contributed by atoms with E-state index in [1.54, 1.807) is 20.2 Å². The average Bonchev–Trinajstić information content (AvgIpc) is 3.40. The maximum absolute atomic E-state index is 14.2. The molecule has 1 aliphatic rings. The van der Waals surface area contributed by atoms with Crippen LogP contribution in [0.15, 0.2) is 42.0 Å². The molecule has 1 aromatic carbocycles. The second-order valence-electron chi connectivity index (χ2n) is 16.5. The summed E-state index contributed by atoms with van der Waals surface area (Å²) in [5.74, 6) is -5.25. The second-order valence-corrected chi connectivity index (χ2v) is 17.8. The molecule has 322 valence electrons. The number of benzene rings is 1. The van der Waals surface area contributed by atoms with Gasteiger partial charge in [0.2, 0.25) is 35.4 Å². The van der Waals surface area contributed by atoms with Gasteiger partial charge in [-0.2, -0.15) is 0 Å². The van der Waals surface area contributed by atoms with Gasteiger partial charge in [-0.3, -0.25) is 38.5 Å². The number of carboxylic acids is 2. The number of likely N-dealkylation sites (N-methyl/N-ethyl adjacent to an activating group) is 2. The Morgan fingerprint density at radius 2 is 1.59 bits per heavy atom. The Labute approximate surface area is 345 Å². The Bertz CT molecular complexity index is 1690. The summed E-state index contributed by atoms with van der Waals surface area (Å²) in [6, 6.07) is 5.93. The number of rotatable bonds is 22. The monoisotopic (exact) mass is 830 g/mol. The van der Waals surface area contributed by atoms with Crippen molar-refractivity contribution >= 4 is 59.1 Å². The summed E-state index contributed by atoms with van der Waals surface area (Å²) in [4.78, 5) is 104. The number of imide groups is 1. The summed E-state index contributed by atoms with van der Waals surface area (Å²) < 4.78 is 0. The summed E-state index contributed by atoms with van der Waals surface area (Å²) in [5.41, 5.74) is -0.244. The van der Waals surface area contributed by atoms with Crippen LogP contribution in [0.3, 0.4) is 0 Å². The van der Waals surface area contributed by atoms with Gasteiger partial charge in [0.05, 0.1) is 23.8 Å². The molecule has 1 heterocycles. The van der Waals surface area contributed by atoms with Crippen molar-refractivity contribution < 1.29 is 48.6 Å². The molecule has 1 saturated heterocycles. The number of likely N-dealkylation sites (tertiary alicyclic amines) is 1. The standard InChI is InChI=1S/C41H62N6O10S/c1-24(2)28(46(10)38(55)34(40(4,5)6)45-36(53)33(42-9)41(7,8)26-14-12-11-13-15-26)22-25(3)35(52)44-27(39(56)57)16-17-30(48)43-19-20-47-31(49)23-29(37(47)54)58-21-18-32(50)51/h11-15,22,24,27-29,33-34,42H,16-21,23H2,1-10H3,(H,43,48)(H,44,52)(H,45,53)(H,50,51)(H,56,57)/b25-22+/t27-,28-,29?,33-,34-/m1/s1. The number of hydrogen-bond donors (Lipinski definition) is 6. The van der Waals surface area contributed by atoms with Crippen molar-refractivity contribution in [1.82, 2.24) is 31.1 Å². The fraction of sp³-hybridized carbons (Fsp3) is 0.610. The third kappa shape index (κ3) is 14.0. The van der Waals surface area contributed by atoms with Crippen molar-refractivity contribution in [2.24, 2.45) is 11.3 Å². The first-order valence-electron chi connectivity index (χ1n) is 19.4. The van der Waals surface area contributed by atoms with Crippen LogP contribution in [0.1, 0.15) is 86.6 Å². The summed E-state index contributed by atoms with van der Waals surface area (Å²) in [7, 11) is 3.29. The smallest absolute Gasteiger partial charge is 0.326 e. The number of hydrogen-bond acceptors (Lipinski definition) is 10. The Kier molecular flexibility index (Phi) is 18.6. The van der Waals surface area contributed by atoms with Crippen LogP contribution in [-0.4, -0.2) is 130 Å². The second kappa shape index (κ2) is 21.8. The quantitative estimate of drug-likeness (QED) is 0.0731. The number of thioether (sulfide) groups is 1. The van der Waals surface area contributed by atoms with E-state index in [0.29, 0.717) is 0 Å². The van der Waals surface area contributed by atoms with E-state index in [4.69, 9.17) is 5.11 Å². The first-order valence-corrected chi connectivity index (χ1v) is 20.4. The van der Waals surface area contributed by atoms with Crippen molar-refractivity contribution in [3.8, 4) is 0 Å². The SMILES string of the molecule is CN[C@H](C(=O)N[C@H](C(=O)N(C)[C@H](/C=C(\C)C(=O)N[C@H](CCC(=O)NCCN1C(=O)CC(SCCC(=O)O)C1=O)C(=O)O)C(C)C)C(C)(C)C)C(C)(C)c1ccccc1. The molecule has 0 radical (unpaired) electrons. The van der Waals surface area contributed by atoms with Gasteiger partial charge in [0, 0.05) is 49.7 Å². The van der Waals surface area contributed by atoms with Crippen LogP contribution in [0, 0.1) is 11.3 Å². The molecule has 58 heavy (non-hydrogen) atoms. The number of carbonyl (C=O) groups is 8. The fourth-order valence-corrected chi connectivity index (χ4v) is 7.78. The normalized spacial score (nSPS) is 17.0. The minimum Gasteiger partial charge on any atom is -0.481 e. The van der Waals surface area contributed by atoms with Crippen LogP contribution in [0.5, 0.6) is 0 Å². The van der Waals surface area contributed by atoms with Crippen LogP contribution in [0.2, 0.25) is 0 Å². The number of aliphatic carboxylic acids is 2. The summed E-state index contributed by atoms with van der Waals surface area (Å²) in [6.45, 7) is 14.5. The summed E-state index contributed by atoms with van der Waals surface area (Å²) >= 11 is 1.09. The molecule has 6 amide bonds. The van der Waals surface area contributed by atoms with E-state index < -0.39 is 75.8 Å². The molecule has 6 N–H and O–H groups in total. The van der Waals surface area contributed by atoms with E-state index in [1.165, 1.54) is 11.8 Å². The molecule has 0 aromatic heterocycles. The largest absolute Gasteiger partial charge is 0.481 e. The lowest BCUT2D eigenvalue weighted by atomic mass is 9.76. The molecule has 17 heteroatoms.